The average Bonchev–Trinajstić information content (AvgIpc) is 2.55. The van der Waals surface area contributed by atoms with Gasteiger partial charge in [0, 0.05) is 21.2 Å². The van der Waals surface area contributed by atoms with Crippen LogP contribution in [0.2, 0.25) is 0 Å². The SMILES string of the molecule is [N-]=[N+]=Nc1ccc(S(=O)(=O)c2ccc(N=[N+]=[N-])cc2S(N)(=O)=O)cc1. The van der Waals surface area contributed by atoms with E-state index in [1.54, 1.807) is 0 Å². The summed E-state index contributed by atoms with van der Waals surface area (Å²) in [5, 5.41) is 11.6. The van der Waals surface area contributed by atoms with Crippen molar-refractivity contribution >= 4 is 31.2 Å². The Bertz CT molecular complexity index is 1130. The Balaban J connectivity index is 2.70. The fourth-order valence-corrected chi connectivity index (χ4v) is 4.56. The number of nitrogens with two attached hydrogens (primary N) is 1. The quantitative estimate of drug-likeness (QED) is 0.474. The van der Waals surface area contributed by atoms with Crippen LogP contribution in [0.1, 0.15) is 0 Å². The lowest BCUT2D eigenvalue weighted by Crippen LogP contribution is -2.17. The Morgan fingerprint density at radius 2 is 1.32 bits per heavy atom. The van der Waals surface area contributed by atoms with Crippen molar-refractivity contribution in [2.24, 2.45) is 15.4 Å². The van der Waals surface area contributed by atoms with E-state index in [1.165, 1.54) is 12.1 Å². The van der Waals surface area contributed by atoms with Crippen LogP contribution in [0.4, 0.5) is 11.4 Å². The van der Waals surface area contributed by atoms with Gasteiger partial charge >= 0.3 is 0 Å². The van der Waals surface area contributed by atoms with E-state index in [2.05, 4.69) is 20.1 Å². The lowest BCUT2D eigenvalue weighted by molar-refractivity contribution is 0.583. The van der Waals surface area contributed by atoms with Crippen LogP contribution < -0.4 is 5.14 Å². The molecule has 0 spiro atoms. The highest BCUT2D eigenvalue weighted by molar-refractivity contribution is 7.93. The molecule has 2 aromatic carbocycles. The summed E-state index contributed by atoms with van der Waals surface area (Å²) in [5.74, 6) is 0. The molecule has 13 heteroatoms. The highest BCUT2D eigenvalue weighted by Gasteiger charge is 2.26. The molecule has 0 aliphatic carbocycles. The summed E-state index contributed by atoms with van der Waals surface area (Å²) in [4.78, 5) is 3.58. The third-order valence-electron chi connectivity index (χ3n) is 2.99. The van der Waals surface area contributed by atoms with Gasteiger partial charge in [-0.2, -0.15) is 0 Å². The van der Waals surface area contributed by atoms with Gasteiger partial charge in [0.25, 0.3) is 0 Å². The number of sulfonamides is 1. The molecule has 0 aliphatic rings. The second-order valence-corrected chi connectivity index (χ2v) is 8.00. The number of benzene rings is 2. The first-order valence-corrected chi connectivity index (χ1v) is 9.35. The van der Waals surface area contributed by atoms with Crippen LogP contribution in [0.25, 0.3) is 20.9 Å². The van der Waals surface area contributed by atoms with Crippen LogP contribution >= 0.6 is 0 Å². The molecule has 0 saturated heterocycles. The molecular formula is C12H9N7O4S2. The molecule has 128 valence electrons. The molecule has 25 heavy (non-hydrogen) atoms. The standard InChI is InChI=1S/C12H9N7O4S2/c13-18-16-8-1-4-10(5-2-8)24(20,21)11-6-3-9(17-19-14)7-12(11)25(15,22)23/h1-7H,(H2,15,22,23). The second kappa shape index (κ2) is 6.81. The number of hydrogen-bond acceptors (Lipinski definition) is 6. The van der Waals surface area contributed by atoms with E-state index in [4.69, 9.17) is 16.2 Å². The van der Waals surface area contributed by atoms with Crippen molar-refractivity contribution in [1.82, 2.24) is 0 Å². The van der Waals surface area contributed by atoms with Crippen molar-refractivity contribution < 1.29 is 16.8 Å². The van der Waals surface area contributed by atoms with Gasteiger partial charge in [-0.3, -0.25) is 0 Å². The highest BCUT2D eigenvalue weighted by Crippen LogP contribution is 2.30. The predicted molar refractivity (Wildman–Crippen MR) is 87.3 cm³/mol. The molecule has 0 saturated carbocycles. The first-order valence-electron chi connectivity index (χ1n) is 6.32. The molecule has 2 N–H and O–H groups in total. The van der Waals surface area contributed by atoms with E-state index in [0.29, 0.717) is 0 Å². The summed E-state index contributed by atoms with van der Waals surface area (Å²) in [6, 6.07) is 7.85. The molecule has 0 atom stereocenters. The molecule has 0 unspecified atom stereocenters. The average molecular weight is 379 g/mol. The Hall–Kier alpha value is -3.08. The van der Waals surface area contributed by atoms with Gasteiger partial charge in [-0.15, -0.1) is 0 Å². The van der Waals surface area contributed by atoms with Gasteiger partial charge in [-0.25, -0.2) is 22.0 Å². The van der Waals surface area contributed by atoms with Crippen LogP contribution in [0, 0.1) is 0 Å². The molecule has 2 aromatic rings. The second-order valence-electron chi connectivity index (χ2n) is 4.55. The van der Waals surface area contributed by atoms with E-state index in [0.717, 1.165) is 30.3 Å². The normalized spacial score (nSPS) is 11.2. The lowest BCUT2D eigenvalue weighted by atomic mass is 10.3. The van der Waals surface area contributed by atoms with Crippen LogP contribution in [0.15, 0.2) is 67.4 Å². The van der Waals surface area contributed by atoms with Gasteiger partial charge in [0.15, 0.2) is 0 Å². The van der Waals surface area contributed by atoms with Gasteiger partial charge < -0.3 is 0 Å². The Kier molecular flexibility index (Phi) is 4.97. The van der Waals surface area contributed by atoms with Gasteiger partial charge in [0.05, 0.1) is 9.79 Å². The molecule has 2 rings (SSSR count). The lowest BCUT2D eigenvalue weighted by Gasteiger charge is -2.10. The van der Waals surface area contributed by atoms with Gasteiger partial charge in [-0.1, -0.05) is 28.4 Å². The number of hydrogen-bond donors (Lipinski definition) is 1. The van der Waals surface area contributed by atoms with Crippen LogP contribution in [-0.2, 0) is 19.9 Å². The summed E-state index contributed by atoms with van der Waals surface area (Å²) >= 11 is 0. The van der Waals surface area contributed by atoms with Gasteiger partial charge in [0.2, 0.25) is 19.9 Å². The molecule has 0 aromatic heterocycles. The highest BCUT2D eigenvalue weighted by atomic mass is 32.2. The maximum Gasteiger partial charge on any atom is 0.239 e. The van der Waals surface area contributed by atoms with Crippen molar-refractivity contribution in [2.75, 3.05) is 0 Å². The minimum absolute atomic E-state index is 0.107. The zero-order chi connectivity index (χ0) is 18.7. The summed E-state index contributed by atoms with van der Waals surface area (Å²) in [6.07, 6.45) is 0. The summed E-state index contributed by atoms with van der Waals surface area (Å²) in [5.41, 5.74) is 16.8. The van der Waals surface area contributed by atoms with E-state index in [9.17, 15) is 16.8 Å². The van der Waals surface area contributed by atoms with Crippen molar-refractivity contribution in [1.29, 1.82) is 0 Å². The van der Waals surface area contributed by atoms with Crippen LogP contribution in [0.5, 0.6) is 0 Å². The molecule has 11 nitrogen and oxygen atoms in total. The number of nitrogens with zero attached hydrogens (tertiary/aromatic N) is 6. The number of rotatable bonds is 5. The molecule has 0 aliphatic heterocycles. The van der Waals surface area contributed by atoms with Crippen LogP contribution in [0.3, 0.4) is 0 Å². The summed E-state index contributed by atoms with van der Waals surface area (Å²) in [6.45, 7) is 0. The zero-order valence-corrected chi connectivity index (χ0v) is 13.9. The topological polar surface area (TPSA) is 192 Å². The Morgan fingerprint density at radius 1 is 0.800 bits per heavy atom. The first kappa shape index (κ1) is 18.3. The number of sulfone groups is 1. The van der Waals surface area contributed by atoms with Gasteiger partial charge in [0.1, 0.15) is 4.90 Å². The van der Waals surface area contributed by atoms with E-state index >= 15 is 0 Å². The maximum atomic E-state index is 12.7. The van der Waals surface area contributed by atoms with Crippen LogP contribution in [-0.4, -0.2) is 16.8 Å². The molecule has 0 fully saturated rings. The first-order chi connectivity index (χ1) is 11.7. The predicted octanol–water partition coefficient (Wildman–Crippen LogP) is 3.05. The number of primary sulfonamides is 1. The van der Waals surface area contributed by atoms with E-state index in [-0.39, 0.29) is 16.3 Å². The molecule has 0 radical (unpaired) electrons. The summed E-state index contributed by atoms with van der Waals surface area (Å²) in [7, 11) is -8.66. The van der Waals surface area contributed by atoms with Crippen molar-refractivity contribution in [3.8, 4) is 0 Å². The molecule has 0 amide bonds. The molecule has 0 heterocycles. The van der Waals surface area contributed by atoms with E-state index < -0.39 is 29.7 Å². The zero-order valence-electron chi connectivity index (χ0n) is 12.3. The third kappa shape index (κ3) is 3.88. The molecule has 0 bridgehead atoms. The maximum absolute atomic E-state index is 12.7. The fraction of sp³-hybridized carbons (Fsp3) is 0. The molecular weight excluding hydrogens is 370 g/mol. The Morgan fingerprint density at radius 3 is 1.84 bits per heavy atom. The monoisotopic (exact) mass is 379 g/mol. The van der Waals surface area contributed by atoms with E-state index in [1.807, 2.05) is 0 Å². The Labute approximate surface area is 141 Å². The smallest absolute Gasteiger partial charge is 0.225 e. The third-order valence-corrected chi connectivity index (χ3v) is 5.90. The number of azide groups is 2. The van der Waals surface area contributed by atoms with Crippen molar-refractivity contribution in [3.63, 3.8) is 0 Å². The minimum Gasteiger partial charge on any atom is -0.225 e. The van der Waals surface area contributed by atoms with Crippen molar-refractivity contribution in [2.45, 2.75) is 14.7 Å². The van der Waals surface area contributed by atoms with Gasteiger partial charge in [-0.05, 0) is 35.3 Å². The minimum atomic E-state index is -4.41. The largest absolute Gasteiger partial charge is 0.239 e. The summed E-state index contributed by atoms with van der Waals surface area (Å²) < 4.78 is 48.9. The van der Waals surface area contributed by atoms with Crippen molar-refractivity contribution in [3.05, 3.63) is 63.4 Å². The fourth-order valence-electron chi connectivity index (χ4n) is 1.93.